The summed E-state index contributed by atoms with van der Waals surface area (Å²) in [4.78, 5) is 0. The number of fused-ring (bicyclic) bond motifs is 4. The molecule has 0 aromatic heterocycles. The molecule has 0 aromatic carbocycles. The SMILES string of the molecule is CC(C)CCCC(C)C1CCC2=C3C(O)CC4CC(O)CCC4(C)C3CCC21C. The number of hydrogen-bond donors (Lipinski definition) is 2. The Bertz CT molecular complexity index is 636. The molecule has 3 fully saturated rings. The Kier molecular flexibility index (Phi) is 6.01. The molecule has 0 heterocycles. The molecule has 4 aliphatic rings. The van der Waals surface area contributed by atoms with Gasteiger partial charge in [-0.1, -0.05) is 59.5 Å². The number of aliphatic hydroxyl groups is 2. The summed E-state index contributed by atoms with van der Waals surface area (Å²) in [6, 6.07) is 0. The molecule has 0 aliphatic heterocycles. The average Bonchev–Trinajstić information content (AvgIpc) is 3.00. The normalized spacial score (nSPS) is 45.7. The van der Waals surface area contributed by atoms with Crippen LogP contribution in [0.4, 0.5) is 0 Å². The van der Waals surface area contributed by atoms with Crippen LogP contribution in [-0.4, -0.2) is 22.4 Å². The Labute approximate surface area is 179 Å². The molecule has 0 bridgehead atoms. The van der Waals surface area contributed by atoms with E-state index in [1.165, 1.54) is 50.5 Å². The summed E-state index contributed by atoms with van der Waals surface area (Å²) >= 11 is 0. The minimum atomic E-state index is -0.256. The maximum Gasteiger partial charge on any atom is 0.0758 e. The summed E-state index contributed by atoms with van der Waals surface area (Å²) < 4.78 is 0. The third-order valence-electron chi connectivity index (χ3n) is 10.2. The summed E-state index contributed by atoms with van der Waals surface area (Å²) in [7, 11) is 0. The summed E-state index contributed by atoms with van der Waals surface area (Å²) in [5.41, 5.74) is 3.77. The highest BCUT2D eigenvalue weighted by atomic mass is 16.3. The van der Waals surface area contributed by atoms with Crippen LogP contribution in [0.2, 0.25) is 0 Å². The molecule has 8 unspecified atom stereocenters. The zero-order valence-electron chi connectivity index (χ0n) is 19.7. The van der Waals surface area contributed by atoms with Crippen LogP contribution in [0.5, 0.6) is 0 Å². The van der Waals surface area contributed by atoms with Gasteiger partial charge in [0.1, 0.15) is 0 Å². The van der Waals surface area contributed by atoms with Crippen molar-refractivity contribution in [2.75, 3.05) is 0 Å². The van der Waals surface area contributed by atoms with E-state index in [0.29, 0.717) is 22.7 Å². The summed E-state index contributed by atoms with van der Waals surface area (Å²) in [6.45, 7) is 12.2. The molecule has 0 spiro atoms. The van der Waals surface area contributed by atoms with E-state index in [-0.39, 0.29) is 12.2 Å². The van der Waals surface area contributed by atoms with Crippen molar-refractivity contribution in [2.45, 2.75) is 117 Å². The van der Waals surface area contributed by atoms with Crippen LogP contribution >= 0.6 is 0 Å². The Morgan fingerprint density at radius 1 is 0.966 bits per heavy atom. The summed E-state index contributed by atoms with van der Waals surface area (Å²) in [6.07, 6.45) is 12.7. The first-order valence-electron chi connectivity index (χ1n) is 12.8. The van der Waals surface area contributed by atoms with E-state index in [9.17, 15) is 10.2 Å². The number of aliphatic hydroxyl groups excluding tert-OH is 2. The Morgan fingerprint density at radius 3 is 2.45 bits per heavy atom. The fourth-order valence-corrected chi connectivity index (χ4v) is 8.45. The van der Waals surface area contributed by atoms with Gasteiger partial charge >= 0.3 is 0 Å². The van der Waals surface area contributed by atoms with Crippen molar-refractivity contribution in [3.8, 4) is 0 Å². The Morgan fingerprint density at radius 2 is 1.72 bits per heavy atom. The number of rotatable bonds is 5. The van der Waals surface area contributed by atoms with Gasteiger partial charge in [0.2, 0.25) is 0 Å². The van der Waals surface area contributed by atoms with Gasteiger partial charge in [-0.15, -0.1) is 0 Å². The third-order valence-corrected chi connectivity index (χ3v) is 10.2. The molecule has 4 aliphatic carbocycles. The smallest absolute Gasteiger partial charge is 0.0758 e. The van der Waals surface area contributed by atoms with Crippen molar-refractivity contribution in [3.63, 3.8) is 0 Å². The van der Waals surface area contributed by atoms with E-state index in [1.807, 2.05) is 0 Å². The first kappa shape index (κ1) is 21.9. The van der Waals surface area contributed by atoms with Crippen LogP contribution in [0.15, 0.2) is 11.1 Å². The predicted octanol–water partition coefficient (Wildman–Crippen LogP) is 6.50. The molecule has 8 atom stereocenters. The largest absolute Gasteiger partial charge is 0.393 e. The van der Waals surface area contributed by atoms with E-state index in [2.05, 4.69) is 34.6 Å². The topological polar surface area (TPSA) is 40.5 Å². The fourth-order valence-electron chi connectivity index (χ4n) is 8.45. The van der Waals surface area contributed by atoms with Crippen molar-refractivity contribution in [1.29, 1.82) is 0 Å². The van der Waals surface area contributed by atoms with Crippen molar-refractivity contribution in [1.82, 2.24) is 0 Å². The average molecular weight is 403 g/mol. The molecule has 3 saturated carbocycles. The highest BCUT2D eigenvalue weighted by molar-refractivity contribution is 5.37. The van der Waals surface area contributed by atoms with Crippen molar-refractivity contribution >= 4 is 0 Å². The maximum absolute atomic E-state index is 11.3. The van der Waals surface area contributed by atoms with Gasteiger partial charge in [0.05, 0.1) is 12.2 Å². The Hall–Kier alpha value is -0.340. The van der Waals surface area contributed by atoms with E-state index >= 15 is 0 Å². The van der Waals surface area contributed by atoms with Gasteiger partial charge in [0, 0.05) is 0 Å². The van der Waals surface area contributed by atoms with Gasteiger partial charge in [-0.25, -0.2) is 0 Å². The number of allylic oxidation sites excluding steroid dienone is 1. The molecule has 0 saturated heterocycles. The van der Waals surface area contributed by atoms with E-state index in [4.69, 9.17) is 0 Å². The van der Waals surface area contributed by atoms with Crippen LogP contribution in [0.25, 0.3) is 0 Å². The lowest BCUT2D eigenvalue weighted by molar-refractivity contribution is -0.0664. The van der Waals surface area contributed by atoms with Crippen LogP contribution in [-0.2, 0) is 0 Å². The van der Waals surface area contributed by atoms with Crippen molar-refractivity contribution < 1.29 is 10.2 Å². The zero-order valence-corrected chi connectivity index (χ0v) is 19.7. The highest BCUT2D eigenvalue weighted by Gasteiger charge is 2.57. The van der Waals surface area contributed by atoms with Gasteiger partial charge < -0.3 is 10.2 Å². The van der Waals surface area contributed by atoms with Gasteiger partial charge in [-0.3, -0.25) is 0 Å². The molecule has 4 rings (SSSR count). The lowest BCUT2D eigenvalue weighted by atomic mass is 9.48. The van der Waals surface area contributed by atoms with Gasteiger partial charge in [0.25, 0.3) is 0 Å². The van der Waals surface area contributed by atoms with Crippen molar-refractivity contribution in [2.24, 2.45) is 40.4 Å². The predicted molar refractivity (Wildman–Crippen MR) is 121 cm³/mol. The molecular weight excluding hydrogens is 356 g/mol. The summed E-state index contributed by atoms with van der Waals surface area (Å²) in [5.74, 6) is 3.45. The second-order valence-electron chi connectivity index (χ2n) is 12.3. The molecule has 0 aromatic rings. The molecule has 2 heteroatoms. The van der Waals surface area contributed by atoms with E-state index in [0.717, 1.165) is 43.4 Å². The minimum Gasteiger partial charge on any atom is -0.393 e. The quantitative estimate of drug-likeness (QED) is 0.515. The lowest BCUT2D eigenvalue weighted by Gasteiger charge is -2.58. The first-order chi connectivity index (χ1) is 13.7. The van der Waals surface area contributed by atoms with Crippen molar-refractivity contribution in [3.05, 3.63) is 11.1 Å². The lowest BCUT2D eigenvalue weighted by Crippen LogP contribution is -2.52. The zero-order chi connectivity index (χ0) is 21.0. The van der Waals surface area contributed by atoms with Gasteiger partial charge in [-0.05, 0) is 97.4 Å². The number of hydrogen-bond acceptors (Lipinski definition) is 2. The minimum absolute atomic E-state index is 0.147. The van der Waals surface area contributed by atoms with Crippen LogP contribution < -0.4 is 0 Å². The van der Waals surface area contributed by atoms with Crippen LogP contribution in [0.1, 0.15) is 105 Å². The molecule has 2 nitrogen and oxygen atoms in total. The Balaban J connectivity index is 1.58. The highest BCUT2D eigenvalue weighted by Crippen LogP contribution is 2.65. The summed E-state index contributed by atoms with van der Waals surface area (Å²) in [5, 5.41) is 21.5. The van der Waals surface area contributed by atoms with Gasteiger partial charge in [-0.2, -0.15) is 0 Å². The molecular formula is C27H46O2. The molecule has 166 valence electrons. The maximum atomic E-state index is 11.3. The monoisotopic (exact) mass is 402 g/mol. The second-order valence-corrected chi connectivity index (χ2v) is 12.3. The molecule has 2 N–H and O–H groups in total. The second kappa shape index (κ2) is 7.97. The molecule has 0 amide bonds. The molecule has 29 heavy (non-hydrogen) atoms. The van der Waals surface area contributed by atoms with Crippen LogP contribution in [0, 0.1) is 40.4 Å². The van der Waals surface area contributed by atoms with E-state index < -0.39 is 0 Å². The third kappa shape index (κ3) is 3.65. The standard InChI is InChI=1S/C27H46O2/c1-17(2)7-6-8-18(3)21-9-10-22-25-23(12-14-27(21,22)5)26(4)13-11-20(28)15-19(26)16-24(25)29/h17-21,23-24,28-29H,6-16H2,1-5H3. The van der Waals surface area contributed by atoms with E-state index in [1.54, 1.807) is 5.57 Å². The van der Waals surface area contributed by atoms with Gasteiger partial charge in [0.15, 0.2) is 0 Å². The first-order valence-corrected chi connectivity index (χ1v) is 12.8. The van der Waals surface area contributed by atoms with Crippen LogP contribution in [0.3, 0.4) is 0 Å². The fraction of sp³-hybridized carbons (Fsp3) is 0.926. The molecule has 0 radical (unpaired) electrons.